The van der Waals surface area contributed by atoms with E-state index in [1.807, 2.05) is 13.0 Å². The molecule has 0 saturated heterocycles. The Bertz CT molecular complexity index is 766. The molecule has 21 heavy (non-hydrogen) atoms. The van der Waals surface area contributed by atoms with Crippen molar-refractivity contribution in [2.75, 3.05) is 0 Å². The van der Waals surface area contributed by atoms with Crippen molar-refractivity contribution in [2.24, 2.45) is 0 Å². The van der Waals surface area contributed by atoms with E-state index in [2.05, 4.69) is 15.9 Å². The maximum atomic E-state index is 11.2. The molecule has 0 fully saturated rings. The summed E-state index contributed by atoms with van der Waals surface area (Å²) < 4.78 is 6.25. The number of rotatable bonds is 3. The molecule has 0 heterocycles. The maximum Gasteiger partial charge on any atom is 0.312 e. The molecule has 0 unspecified atom stereocenters. The fraction of sp³-hybridized carbons (Fsp3) is 0.133. The lowest BCUT2D eigenvalue weighted by molar-refractivity contribution is -0.385. The van der Waals surface area contributed by atoms with Gasteiger partial charge in [-0.3, -0.25) is 10.1 Å². The second-order valence-electron chi connectivity index (χ2n) is 4.54. The summed E-state index contributed by atoms with van der Waals surface area (Å²) in [6, 6.07) is 10.2. The van der Waals surface area contributed by atoms with Gasteiger partial charge < -0.3 is 4.74 Å². The molecule has 0 N–H and O–H groups in total. The van der Waals surface area contributed by atoms with Crippen molar-refractivity contribution in [1.82, 2.24) is 0 Å². The topological polar surface area (TPSA) is 76.2 Å². The van der Waals surface area contributed by atoms with Crippen LogP contribution in [0.1, 0.15) is 16.7 Å². The molecular formula is C15H11BrN2O3. The molecule has 0 saturated carbocycles. The summed E-state index contributed by atoms with van der Waals surface area (Å²) >= 11 is 3.23. The van der Waals surface area contributed by atoms with Crippen LogP contribution in [0.25, 0.3) is 0 Å². The highest BCUT2D eigenvalue weighted by molar-refractivity contribution is 9.10. The van der Waals surface area contributed by atoms with Gasteiger partial charge in [0.1, 0.15) is 11.8 Å². The van der Waals surface area contributed by atoms with E-state index < -0.39 is 4.92 Å². The Labute approximate surface area is 130 Å². The molecule has 0 radical (unpaired) electrons. The first kappa shape index (κ1) is 15.0. The third-order valence-corrected chi connectivity index (χ3v) is 3.34. The van der Waals surface area contributed by atoms with E-state index in [-0.39, 0.29) is 11.4 Å². The minimum absolute atomic E-state index is 0.142. The van der Waals surface area contributed by atoms with Gasteiger partial charge in [-0.1, -0.05) is 22.0 Å². The molecule has 0 aromatic heterocycles. The standard InChI is InChI=1S/C15H11BrN2O3/c1-9-3-4-14(11(5-9)8-17)21-15-10(2)6-12(16)7-13(15)18(19)20/h3-7H,1-2H3. The van der Waals surface area contributed by atoms with Crippen LogP contribution in [-0.4, -0.2) is 4.92 Å². The van der Waals surface area contributed by atoms with Crippen LogP contribution < -0.4 is 4.74 Å². The molecule has 2 rings (SSSR count). The first-order chi connectivity index (χ1) is 9.92. The molecule has 0 amide bonds. The minimum atomic E-state index is -0.507. The van der Waals surface area contributed by atoms with Crippen LogP contribution >= 0.6 is 15.9 Å². The number of halogens is 1. The third-order valence-electron chi connectivity index (χ3n) is 2.88. The van der Waals surface area contributed by atoms with Gasteiger partial charge in [0.25, 0.3) is 0 Å². The van der Waals surface area contributed by atoms with Crippen molar-refractivity contribution >= 4 is 21.6 Å². The van der Waals surface area contributed by atoms with Crippen LogP contribution in [0, 0.1) is 35.3 Å². The van der Waals surface area contributed by atoms with Gasteiger partial charge in [-0.15, -0.1) is 0 Å². The highest BCUT2D eigenvalue weighted by atomic mass is 79.9. The molecule has 2 aromatic carbocycles. The molecule has 6 heteroatoms. The number of benzene rings is 2. The van der Waals surface area contributed by atoms with Crippen molar-refractivity contribution in [3.8, 4) is 17.6 Å². The largest absolute Gasteiger partial charge is 0.448 e. The van der Waals surface area contributed by atoms with E-state index >= 15 is 0 Å². The summed E-state index contributed by atoms with van der Waals surface area (Å²) in [4.78, 5) is 10.7. The van der Waals surface area contributed by atoms with Crippen LogP contribution in [0.2, 0.25) is 0 Å². The summed E-state index contributed by atoms with van der Waals surface area (Å²) in [6.07, 6.45) is 0. The average molecular weight is 347 g/mol. The predicted molar refractivity (Wildman–Crippen MR) is 81.5 cm³/mol. The zero-order valence-electron chi connectivity index (χ0n) is 11.4. The number of ether oxygens (including phenoxy) is 1. The summed E-state index contributed by atoms with van der Waals surface area (Å²) in [7, 11) is 0. The first-order valence-electron chi connectivity index (χ1n) is 6.05. The lowest BCUT2D eigenvalue weighted by atomic mass is 10.1. The number of hydrogen-bond acceptors (Lipinski definition) is 4. The van der Waals surface area contributed by atoms with Gasteiger partial charge >= 0.3 is 5.69 Å². The normalized spacial score (nSPS) is 10.0. The van der Waals surface area contributed by atoms with Gasteiger partial charge in [0.2, 0.25) is 5.75 Å². The van der Waals surface area contributed by atoms with Gasteiger partial charge in [0, 0.05) is 10.5 Å². The number of aryl methyl sites for hydroxylation is 2. The first-order valence-corrected chi connectivity index (χ1v) is 6.85. The Balaban J connectivity index is 2.55. The van der Waals surface area contributed by atoms with E-state index in [0.717, 1.165) is 5.56 Å². The van der Waals surface area contributed by atoms with Gasteiger partial charge in [-0.25, -0.2) is 0 Å². The number of hydrogen-bond donors (Lipinski definition) is 0. The van der Waals surface area contributed by atoms with Crippen molar-refractivity contribution in [3.05, 3.63) is 61.6 Å². The molecule has 0 aliphatic rings. The molecule has 106 valence electrons. The Morgan fingerprint density at radius 3 is 2.62 bits per heavy atom. The van der Waals surface area contributed by atoms with Crippen molar-refractivity contribution in [3.63, 3.8) is 0 Å². The maximum absolute atomic E-state index is 11.2. The molecule has 0 aliphatic heterocycles. The summed E-state index contributed by atoms with van der Waals surface area (Å²) in [5, 5.41) is 20.3. The minimum Gasteiger partial charge on any atom is -0.448 e. The molecule has 2 aromatic rings. The lowest BCUT2D eigenvalue weighted by Crippen LogP contribution is -1.97. The Morgan fingerprint density at radius 2 is 2.00 bits per heavy atom. The highest BCUT2D eigenvalue weighted by Gasteiger charge is 2.20. The predicted octanol–water partition coefficient (Wildman–Crippen LogP) is 4.64. The van der Waals surface area contributed by atoms with Crippen molar-refractivity contribution in [1.29, 1.82) is 5.26 Å². The van der Waals surface area contributed by atoms with E-state index in [9.17, 15) is 10.1 Å². The number of nitriles is 1. The van der Waals surface area contributed by atoms with Gasteiger partial charge in [0.15, 0.2) is 0 Å². The van der Waals surface area contributed by atoms with Crippen LogP contribution in [0.3, 0.4) is 0 Å². The summed E-state index contributed by atoms with van der Waals surface area (Å²) in [6.45, 7) is 3.57. The number of nitrogens with zero attached hydrogens (tertiary/aromatic N) is 2. The number of nitro groups is 1. The quantitative estimate of drug-likeness (QED) is 0.599. The fourth-order valence-corrected chi connectivity index (χ4v) is 2.47. The molecule has 0 atom stereocenters. The zero-order valence-corrected chi connectivity index (χ0v) is 13.0. The Hall–Kier alpha value is -2.39. The monoisotopic (exact) mass is 346 g/mol. The third kappa shape index (κ3) is 3.20. The lowest BCUT2D eigenvalue weighted by Gasteiger charge is -2.11. The molecule has 5 nitrogen and oxygen atoms in total. The zero-order chi connectivity index (χ0) is 15.6. The Morgan fingerprint density at radius 1 is 1.29 bits per heavy atom. The van der Waals surface area contributed by atoms with Crippen LogP contribution in [0.15, 0.2) is 34.8 Å². The van der Waals surface area contributed by atoms with E-state index in [4.69, 9.17) is 10.00 Å². The van der Waals surface area contributed by atoms with E-state index in [1.165, 1.54) is 6.07 Å². The fourth-order valence-electron chi connectivity index (χ4n) is 1.91. The van der Waals surface area contributed by atoms with E-state index in [0.29, 0.717) is 21.3 Å². The highest BCUT2D eigenvalue weighted by Crippen LogP contribution is 2.38. The van der Waals surface area contributed by atoms with Crippen LogP contribution in [0.4, 0.5) is 5.69 Å². The molecule has 0 aliphatic carbocycles. The van der Waals surface area contributed by atoms with Gasteiger partial charge in [-0.2, -0.15) is 5.26 Å². The van der Waals surface area contributed by atoms with E-state index in [1.54, 1.807) is 31.2 Å². The van der Waals surface area contributed by atoms with Gasteiger partial charge in [0.05, 0.1) is 10.5 Å². The smallest absolute Gasteiger partial charge is 0.312 e. The van der Waals surface area contributed by atoms with Crippen molar-refractivity contribution < 1.29 is 9.66 Å². The molecule has 0 spiro atoms. The number of nitro benzene ring substituents is 1. The average Bonchev–Trinajstić information content (AvgIpc) is 2.42. The summed E-state index contributed by atoms with van der Waals surface area (Å²) in [5.41, 5.74) is 1.72. The van der Waals surface area contributed by atoms with Gasteiger partial charge in [-0.05, 0) is 43.2 Å². The van der Waals surface area contributed by atoms with Crippen LogP contribution in [0.5, 0.6) is 11.5 Å². The second kappa shape index (κ2) is 5.94. The SMILES string of the molecule is Cc1ccc(Oc2c(C)cc(Br)cc2[N+](=O)[O-])c(C#N)c1. The Kier molecular flexibility index (Phi) is 4.24. The second-order valence-corrected chi connectivity index (χ2v) is 5.46. The van der Waals surface area contributed by atoms with Crippen LogP contribution in [-0.2, 0) is 0 Å². The van der Waals surface area contributed by atoms with Crippen molar-refractivity contribution in [2.45, 2.75) is 13.8 Å². The molecule has 0 bridgehead atoms. The molecular weight excluding hydrogens is 336 g/mol. The summed E-state index contributed by atoms with van der Waals surface area (Å²) in [5.74, 6) is 0.445.